The van der Waals surface area contributed by atoms with Gasteiger partial charge in [-0.15, -0.1) is 0 Å². The molecule has 0 aliphatic carbocycles. The van der Waals surface area contributed by atoms with Gasteiger partial charge in [0, 0.05) is 6.42 Å². The van der Waals surface area contributed by atoms with E-state index in [4.69, 9.17) is 4.74 Å². The first-order chi connectivity index (χ1) is 8.13. The van der Waals surface area contributed by atoms with Crippen LogP contribution in [0.1, 0.15) is 41.8 Å². The van der Waals surface area contributed by atoms with Gasteiger partial charge in [0.1, 0.15) is 5.75 Å². The van der Waals surface area contributed by atoms with Crippen LogP contribution < -0.4 is 0 Å². The Hall–Kier alpha value is -1.35. The van der Waals surface area contributed by atoms with Crippen molar-refractivity contribution >= 4 is 5.78 Å². The minimum Gasteiger partial charge on any atom is -0.507 e. The molecule has 0 bridgehead atoms. The Bertz CT molecular complexity index is 433. The third kappa shape index (κ3) is 2.67. The van der Waals surface area contributed by atoms with Crippen LogP contribution in [-0.4, -0.2) is 23.6 Å². The highest BCUT2D eigenvalue weighted by Crippen LogP contribution is 2.30. The first-order valence-corrected chi connectivity index (χ1v) is 6.09. The van der Waals surface area contributed by atoms with Gasteiger partial charge in [-0.05, 0) is 30.5 Å². The lowest BCUT2D eigenvalue weighted by molar-refractivity contribution is 0.101. The number of rotatable bonds is 5. The zero-order valence-corrected chi connectivity index (χ0v) is 10.3. The molecule has 0 aromatic heterocycles. The largest absolute Gasteiger partial charge is 0.507 e. The van der Waals surface area contributed by atoms with Crippen LogP contribution in [0.3, 0.4) is 0 Å². The number of hydrogen-bond donors (Lipinski definition) is 1. The SMILES string of the molecule is CCCc1c(CC2CO2)ccc(C(C)=O)c1O. The molecule has 1 unspecified atom stereocenters. The summed E-state index contributed by atoms with van der Waals surface area (Å²) in [5, 5.41) is 10.1. The summed E-state index contributed by atoms with van der Waals surface area (Å²) in [7, 11) is 0. The lowest BCUT2D eigenvalue weighted by atomic mass is 9.94. The van der Waals surface area contributed by atoms with E-state index in [2.05, 4.69) is 6.92 Å². The quantitative estimate of drug-likeness (QED) is 0.629. The van der Waals surface area contributed by atoms with Crippen molar-refractivity contribution < 1.29 is 14.6 Å². The van der Waals surface area contributed by atoms with Crippen molar-refractivity contribution in [2.24, 2.45) is 0 Å². The predicted octanol–water partition coefficient (Wildman–Crippen LogP) is 2.49. The summed E-state index contributed by atoms with van der Waals surface area (Å²) < 4.78 is 5.21. The van der Waals surface area contributed by atoms with Crippen molar-refractivity contribution in [1.82, 2.24) is 0 Å². The highest BCUT2D eigenvalue weighted by atomic mass is 16.6. The zero-order valence-electron chi connectivity index (χ0n) is 10.3. The molecule has 1 heterocycles. The molecule has 1 N–H and O–H groups in total. The van der Waals surface area contributed by atoms with Crippen molar-refractivity contribution in [1.29, 1.82) is 0 Å². The normalized spacial score (nSPS) is 18.1. The molecule has 1 atom stereocenters. The first kappa shape index (κ1) is 12.1. The van der Waals surface area contributed by atoms with Gasteiger partial charge in [0.15, 0.2) is 5.78 Å². The van der Waals surface area contributed by atoms with E-state index in [1.54, 1.807) is 6.07 Å². The highest BCUT2D eigenvalue weighted by molar-refractivity contribution is 5.97. The predicted molar refractivity (Wildman–Crippen MR) is 65.6 cm³/mol. The lowest BCUT2D eigenvalue weighted by Crippen LogP contribution is -2.03. The Balaban J connectivity index is 2.37. The van der Waals surface area contributed by atoms with E-state index in [0.717, 1.165) is 37.0 Å². The molecule has 3 nitrogen and oxygen atoms in total. The first-order valence-electron chi connectivity index (χ1n) is 6.09. The fourth-order valence-corrected chi connectivity index (χ4v) is 2.11. The van der Waals surface area contributed by atoms with Gasteiger partial charge in [-0.1, -0.05) is 19.4 Å². The molecule has 2 rings (SSSR count). The van der Waals surface area contributed by atoms with E-state index in [1.807, 2.05) is 6.07 Å². The molecule has 1 saturated heterocycles. The Labute approximate surface area is 101 Å². The van der Waals surface area contributed by atoms with E-state index < -0.39 is 0 Å². The molecular weight excluding hydrogens is 216 g/mol. The van der Waals surface area contributed by atoms with Gasteiger partial charge >= 0.3 is 0 Å². The van der Waals surface area contributed by atoms with E-state index in [9.17, 15) is 9.90 Å². The third-order valence-corrected chi connectivity index (χ3v) is 3.11. The number of carbonyl (C=O) groups excluding carboxylic acids is 1. The molecule has 0 radical (unpaired) electrons. The topological polar surface area (TPSA) is 49.8 Å². The molecule has 0 saturated carbocycles. The summed E-state index contributed by atoms with van der Waals surface area (Å²) in [5.74, 6) is 0.0755. The van der Waals surface area contributed by atoms with Gasteiger partial charge in [-0.2, -0.15) is 0 Å². The maximum Gasteiger partial charge on any atom is 0.163 e. The summed E-state index contributed by atoms with van der Waals surface area (Å²) >= 11 is 0. The zero-order chi connectivity index (χ0) is 12.4. The average Bonchev–Trinajstić information content (AvgIpc) is 3.07. The number of Topliss-reactive ketones (excluding diaryl/α,β-unsaturated/α-hetero) is 1. The highest BCUT2D eigenvalue weighted by Gasteiger charge is 2.25. The molecule has 1 aliphatic heterocycles. The van der Waals surface area contributed by atoms with Crippen molar-refractivity contribution in [3.63, 3.8) is 0 Å². The number of ether oxygens (including phenoxy) is 1. The number of benzene rings is 1. The van der Waals surface area contributed by atoms with Crippen LogP contribution in [0.5, 0.6) is 5.75 Å². The molecule has 1 aromatic carbocycles. The molecule has 3 heteroatoms. The van der Waals surface area contributed by atoms with Crippen LogP contribution >= 0.6 is 0 Å². The fourth-order valence-electron chi connectivity index (χ4n) is 2.11. The molecule has 92 valence electrons. The monoisotopic (exact) mass is 234 g/mol. The Morgan fingerprint density at radius 1 is 1.53 bits per heavy atom. The molecule has 1 fully saturated rings. The maximum absolute atomic E-state index is 11.4. The number of ketones is 1. The summed E-state index contributed by atoms with van der Waals surface area (Å²) in [6.07, 6.45) is 2.89. The third-order valence-electron chi connectivity index (χ3n) is 3.11. The molecule has 17 heavy (non-hydrogen) atoms. The second-order valence-corrected chi connectivity index (χ2v) is 4.57. The standard InChI is InChI=1S/C14H18O3/c1-3-4-13-10(7-11-8-17-11)5-6-12(9(2)15)14(13)16/h5-6,11,16H,3-4,7-8H2,1-2H3. The van der Waals surface area contributed by atoms with E-state index in [1.165, 1.54) is 6.92 Å². The van der Waals surface area contributed by atoms with Crippen LogP contribution in [0.15, 0.2) is 12.1 Å². The summed E-state index contributed by atoms with van der Waals surface area (Å²) in [6.45, 7) is 4.35. The number of hydrogen-bond acceptors (Lipinski definition) is 3. The maximum atomic E-state index is 11.4. The van der Waals surface area contributed by atoms with E-state index in [-0.39, 0.29) is 11.5 Å². The molecule has 1 aromatic rings. The van der Waals surface area contributed by atoms with Crippen molar-refractivity contribution in [3.8, 4) is 5.75 Å². The molecular formula is C14H18O3. The average molecular weight is 234 g/mol. The minimum atomic E-state index is -0.0888. The van der Waals surface area contributed by atoms with Crippen molar-refractivity contribution in [2.45, 2.75) is 39.2 Å². The Morgan fingerprint density at radius 2 is 2.24 bits per heavy atom. The van der Waals surface area contributed by atoms with E-state index >= 15 is 0 Å². The van der Waals surface area contributed by atoms with Gasteiger partial charge in [0.05, 0.1) is 18.3 Å². The summed E-state index contributed by atoms with van der Waals surface area (Å²) in [6, 6.07) is 3.66. The molecule has 0 amide bonds. The van der Waals surface area contributed by atoms with Crippen molar-refractivity contribution in [3.05, 3.63) is 28.8 Å². The summed E-state index contributed by atoms with van der Waals surface area (Å²) in [5.41, 5.74) is 2.45. The van der Waals surface area contributed by atoms with E-state index in [0.29, 0.717) is 11.7 Å². The number of phenolic OH excluding ortho intramolecular Hbond substituents is 1. The van der Waals surface area contributed by atoms with Crippen LogP contribution in [-0.2, 0) is 17.6 Å². The Kier molecular flexibility index (Phi) is 3.48. The van der Waals surface area contributed by atoms with Crippen LogP contribution in [0, 0.1) is 0 Å². The number of epoxide rings is 1. The minimum absolute atomic E-state index is 0.0888. The van der Waals surface area contributed by atoms with Gasteiger partial charge in [0.2, 0.25) is 0 Å². The summed E-state index contributed by atoms with van der Waals surface area (Å²) in [4.78, 5) is 11.4. The number of carbonyl (C=O) groups is 1. The smallest absolute Gasteiger partial charge is 0.163 e. The van der Waals surface area contributed by atoms with Crippen LogP contribution in [0.2, 0.25) is 0 Å². The second kappa shape index (κ2) is 4.88. The fraction of sp³-hybridized carbons (Fsp3) is 0.500. The van der Waals surface area contributed by atoms with Gasteiger partial charge in [-0.25, -0.2) is 0 Å². The Morgan fingerprint density at radius 3 is 2.76 bits per heavy atom. The molecule has 0 spiro atoms. The lowest BCUT2D eigenvalue weighted by Gasteiger charge is -2.12. The second-order valence-electron chi connectivity index (χ2n) is 4.57. The van der Waals surface area contributed by atoms with Crippen LogP contribution in [0.25, 0.3) is 0 Å². The van der Waals surface area contributed by atoms with Gasteiger partial charge < -0.3 is 9.84 Å². The number of aromatic hydroxyl groups is 1. The number of phenols is 1. The molecule has 1 aliphatic rings. The van der Waals surface area contributed by atoms with Gasteiger partial charge in [0.25, 0.3) is 0 Å². The van der Waals surface area contributed by atoms with Crippen LogP contribution in [0.4, 0.5) is 0 Å². The van der Waals surface area contributed by atoms with Crippen molar-refractivity contribution in [2.75, 3.05) is 6.61 Å². The van der Waals surface area contributed by atoms with Gasteiger partial charge in [-0.3, -0.25) is 4.79 Å².